The molecule has 10 heteroatoms. The fourth-order valence-corrected chi connectivity index (χ4v) is 4.51. The van der Waals surface area contributed by atoms with Gasteiger partial charge in [-0.2, -0.15) is 0 Å². The molecule has 0 spiro atoms. The number of carbonyl (C=O) groups excluding carboxylic acids is 3. The molecule has 1 saturated heterocycles. The molecule has 8 nitrogen and oxygen atoms in total. The van der Waals surface area contributed by atoms with Crippen LogP contribution in [0, 0.1) is 11.6 Å². The summed E-state index contributed by atoms with van der Waals surface area (Å²) in [4.78, 5) is 40.3. The number of halogens is 2. The molecule has 0 radical (unpaired) electrons. The van der Waals surface area contributed by atoms with Crippen molar-refractivity contribution in [2.75, 3.05) is 32.7 Å². The van der Waals surface area contributed by atoms with E-state index in [-0.39, 0.29) is 31.6 Å². The van der Waals surface area contributed by atoms with Crippen molar-refractivity contribution in [3.8, 4) is 0 Å². The number of hydrogen-bond donors (Lipinski definition) is 3. The van der Waals surface area contributed by atoms with Crippen molar-refractivity contribution in [3.63, 3.8) is 0 Å². The van der Waals surface area contributed by atoms with E-state index in [9.17, 15) is 28.3 Å². The van der Waals surface area contributed by atoms with Crippen LogP contribution >= 0.6 is 0 Å². The van der Waals surface area contributed by atoms with Gasteiger partial charge in [-0.15, -0.1) is 0 Å². The van der Waals surface area contributed by atoms with Crippen LogP contribution in [-0.2, 0) is 33.8 Å². The molecule has 2 aromatic carbocycles. The van der Waals surface area contributed by atoms with Gasteiger partial charge in [0.2, 0.25) is 5.91 Å². The summed E-state index contributed by atoms with van der Waals surface area (Å²) in [6.45, 7) is 5.23. The number of amides is 3. The molecule has 0 bridgehead atoms. The van der Waals surface area contributed by atoms with Crippen molar-refractivity contribution in [2.45, 2.75) is 51.8 Å². The first-order valence-electron chi connectivity index (χ1n) is 13.0. The topological polar surface area (TPSA) is 102 Å². The summed E-state index contributed by atoms with van der Waals surface area (Å²) in [6.07, 6.45) is 0.485. The zero-order valence-corrected chi connectivity index (χ0v) is 21.9. The van der Waals surface area contributed by atoms with E-state index in [0.29, 0.717) is 19.6 Å². The van der Waals surface area contributed by atoms with Crippen LogP contribution in [0.1, 0.15) is 37.0 Å². The smallest absolute Gasteiger partial charge is 0.312 e. The molecule has 3 rings (SSSR count). The van der Waals surface area contributed by atoms with E-state index < -0.39 is 41.5 Å². The first kappa shape index (κ1) is 29.2. The monoisotopic (exact) mass is 530 g/mol. The highest BCUT2D eigenvalue weighted by atomic mass is 19.1. The predicted molar refractivity (Wildman–Crippen MR) is 139 cm³/mol. The second kappa shape index (κ2) is 14.0. The van der Waals surface area contributed by atoms with Crippen molar-refractivity contribution < 1.29 is 28.3 Å². The fraction of sp³-hybridized carbons (Fsp3) is 0.464. The number of aliphatic hydroxyl groups is 1. The molecule has 2 aromatic rings. The number of benzene rings is 2. The lowest BCUT2D eigenvalue weighted by Gasteiger charge is -2.33. The van der Waals surface area contributed by atoms with Gasteiger partial charge in [0.15, 0.2) is 0 Å². The summed E-state index contributed by atoms with van der Waals surface area (Å²) in [7, 11) is 0. The number of rotatable bonds is 13. The van der Waals surface area contributed by atoms with Crippen LogP contribution in [0.15, 0.2) is 42.5 Å². The summed E-state index contributed by atoms with van der Waals surface area (Å²) < 4.78 is 27.6. The predicted octanol–water partition coefficient (Wildman–Crippen LogP) is 1.79. The maximum atomic E-state index is 13.8. The Labute approximate surface area is 222 Å². The van der Waals surface area contributed by atoms with E-state index in [1.807, 2.05) is 25.1 Å². The summed E-state index contributed by atoms with van der Waals surface area (Å²) in [5.41, 5.74) is 2.49. The van der Waals surface area contributed by atoms with Crippen molar-refractivity contribution in [3.05, 3.63) is 70.8 Å². The van der Waals surface area contributed by atoms with Gasteiger partial charge in [-0.25, -0.2) is 8.78 Å². The Morgan fingerprint density at radius 1 is 0.974 bits per heavy atom. The van der Waals surface area contributed by atoms with Gasteiger partial charge in [-0.3, -0.25) is 14.4 Å². The molecule has 206 valence electrons. The third-order valence-electron chi connectivity index (χ3n) is 6.50. The van der Waals surface area contributed by atoms with E-state index in [1.54, 1.807) is 0 Å². The zero-order chi connectivity index (χ0) is 27.7. The standard InChI is InChI=1S/C28H36F2N4O4/c1-3-8-33-9-10-34(28(38)27(33)37)18-26(36)32-24(14-21-12-22(29)15-23(30)13-21)25(35)17-31-16-20-7-5-6-19(4-2)11-20/h5-7,11-13,15,24-25,31,35H,3-4,8-10,14,16-18H2,1-2H3,(H,32,36)/t24-,25+/m0/s1. The van der Waals surface area contributed by atoms with Gasteiger partial charge in [0.05, 0.1) is 12.1 Å². The van der Waals surface area contributed by atoms with E-state index >= 15 is 0 Å². The average molecular weight is 531 g/mol. The van der Waals surface area contributed by atoms with Gasteiger partial charge in [0, 0.05) is 38.8 Å². The normalized spacial score (nSPS) is 15.5. The summed E-state index contributed by atoms with van der Waals surface area (Å²) >= 11 is 0. The van der Waals surface area contributed by atoms with Gasteiger partial charge < -0.3 is 25.5 Å². The molecule has 3 N–H and O–H groups in total. The van der Waals surface area contributed by atoms with Crippen LogP contribution in [0.2, 0.25) is 0 Å². The number of hydrogen-bond acceptors (Lipinski definition) is 5. The molecule has 0 unspecified atom stereocenters. The Kier molecular flexibility index (Phi) is 10.7. The molecule has 0 aromatic heterocycles. The van der Waals surface area contributed by atoms with Crippen molar-refractivity contribution in [2.24, 2.45) is 0 Å². The van der Waals surface area contributed by atoms with Crippen LogP contribution in [-0.4, -0.2) is 77.5 Å². The van der Waals surface area contributed by atoms with Gasteiger partial charge in [0.1, 0.15) is 18.2 Å². The molecule has 1 aliphatic rings. The van der Waals surface area contributed by atoms with E-state index in [0.717, 1.165) is 36.6 Å². The lowest BCUT2D eigenvalue weighted by atomic mass is 10.0. The molecule has 1 heterocycles. The minimum absolute atomic E-state index is 0.0360. The van der Waals surface area contributed by atoms with Crippen molar-refractivity contribution in [1.82, 2.24) is 20.4 Å². The first-order chi connectivity index (χ1) is 18.2. The minimum atomic E-state index is -1.10. The lowest BCUT2D eigenvalue weighted by molar-refractivity contribution is -0.157. The second-order valence-corrected chi connectivity index (χ2v) is 9.55. The maximum absolute atomic E-state index is 13.8. The Balaban J connectivity index is 1.65. The third-order valence-corrected chi connectivity index (χ3v) is 6.50. The van der Waals surface area contributed by atoms with E-state index in [4.69, 9.17) is 0 Å². The SMILES string of the molecule is CCCN1CCN(CC(=O)N[C@@H](Cc2cc(F)cc(F)c2)[C@H](O)CNCc2cccc(CC)c2)C(=O)C1=O. The fourth-order valence-electron chi connectivity index (χ4n) is 4.51. The quantitative estimate of drug-likeness (QED) is 0.343. The summed E-state index contributed by atoms with van der Waals surface area (Å²) in [5.74, 6) is -3.49. The number of piperazine rings is 1. The average Bonchev–Trinajstić information content (AvgIpc) is 2.87. The molecule has 0 saturated carbocycles. The zero-order valence-electron chi connectivity index (χ0n) is 21.9. The van der Waals surface area contributed by atoms with Crippen molar-refractivity contribution in [1.29, 1.82) is 0 Å². The second-order valence-electron chi connectivity index (χ2n) is 9.55. The highest BCUT2D eigenvalue weighted by molar-refractivity contribution is 6.35. The van der Waals surface area contributed by atoms with Gasteiger partial charge in [-0.05, 0) is 48.1 Å². The Hall–Kier alpha value is -3.37. The molecule has 1 fully saturated rings. The van der Waals surface area contributed by atoms with Gasteiger partial charge in [-0.1, -0.05) is 38.1 Å². The maximum Gasteiger partial charge on any atom is 0.312 e. The van der Waals surface area contributed by atoms with Crippen LogP contribution in [0.5, 0.6) is 0 Å². The molecule has 3 amide bonds. The molecular weight excluding hydrogens is 494 g/mol. The van der Waals surface area contributed by atoms with Gasteiger partial charge in [0.25, 0.3) is 0 Å². The van der Waals surface area contributed by atoms with Crippen molar-refractivity contribution >= 4 is 17.7 Å². The highest BCUT2D eigenvalue weighted by Crippen LogP contribution is 2.13. The van der Waals surface area contributed by atoms with Crippen LogP contribution in [0.3, 0.4) is 0 Å². The minimum Gasteiger partial charge on any atom is -0.390 e. The number of aryl methyl sites for hydroxylation is 1. The molecular formula is C28H36F2N4O4. The van der Waals surface area contributed by atoms with E-state index in [2.05, 4.69) is 23.6 Å². The first-order valence-corrected chi connectivity index (χ1v) is 13.0. The number of nitrogens with zero attached hydrogens (tertiary/aromatic N) is 2. The number of aliphatic hydroxyl groups excluding tert-OH is 1. The van der Waals surface area contributed by atoms with Crippen LogP contribution in [0.25, 0.3) is 0 Å². The summed E-state index contributed by atoms with van der Waals surface area (Å²) in [5, 5.41) is 16.8. The Morgan fingerprint density at radius 3 is 2.32 bits per heavy atom. The molecule has 38 heavy (non-hydrogen) atoms. The third kappa shape index (κ3) is 8.32. The Morgan fingerprint density at radius 2 is 1.63 bits per heavy atom. The molecule has 0 aliphatic carbocycles. The Bertz CT molecular complexity index is 1110. The van der Waals surface area contributed by atoms with Crippen LogP contribution in [0.4, 0.5) is 8.78 Å². The largest absolute Gasteiger partial charge is 0.390 e. The number of carbonyl (C=O) groups is 3. The number of nitrogens with one attached hydrogen (secondary N) is 2. The lowest BCUT2D eigenvalue weighted by Crippen LogP contribution is -2.57. The molecule has 2 atom stereocenters. The molecule has 1 aliphatic heterocycles. The van der Waals surface area contributed by atoms with Gasteiger partial charge >= 0.3 is 11.8 Å². The summed E-state index contributed by atoms with van der Waals surface area (Å²) in [6, 6.07) is 10.2. The highest BCUT2D eigenvalue weighted by Gasteiger charge is 2.33. The van der Waals surface area contributed by atoms with E-state index in [1.165, 1.54) is 15.4 Å². The van der Waals surface area contributed by atoms with Crippen LogP contribution < -0.4 is 10.6 Å².